The zero-order valence-corrected chi connectivity index (χ0v) is 11.0. The third-order valence-electron chi connectivity index (χ3n) is 2.65. The van der Waals surface area contributed by atoms with Crippen molar-refractivity contribution in [1.29, 1.82) is 0 Å². The van der Waals surface area contributed by atoms with Crippen molar-refractivity contribution >= 4 is 29.4 Å². The molecule has 0 bridgehead atoms. The Labute approximate surface area is 105 Å². The number of nitrogens with two attached hydrogens (primary N) is 1. The highest BCUT2D eigenvalue weighted by molar-refractivity contribution is 8.00. The van der Waals surface area contributed by atoms with Crippen LogP contribution in [-0.4, -0.2) is 46.1 Å². The molecule has 1 heterocycles. The van der Waals surface area contributed by atoms with Crippen LogP contribution in [0, 0.1) is 0 Å². The smallest absolute Gasteiger partial charge is 0.242 e. The zero-order valence-electron chi connectivity index (χ0n) is 10.1. The number of nitrogens with zero attached hydrogens (tertiary/aromatic N) is 1. The number of hydrogen-bond acceptors (Lipinski definition) is 5. The summed E-state index contributed by atoms with van der Waals surface area (Å²) in [7, 11) is 0. The summed E-state index contributed by atoms with van der Waals surface area (Å²) in [5, 5.41) is -0.362. The molecule has 0 aliphatic carbocycles. The SMILES string of the molecule is CCCN1C(=O)CC(SC[C@H](N)C(C)=O)C1=O. The molecule has 0 radical (unpaired) electrons. The van der Waals surface area contributed by atoms with E-state index in [9.17, 15) is 14.4 Å². The van der Waals surface area contributed by atoms with Gasteiger partial charge in [0.2, 0.25) is 11.8 Å². The highest BCUT2D eigenvalue weighted by Gasteiger charge is 2.38. The number of rotatable bonds is 6. The quantitative estimate of drug-likeness (QED) is 0.687. The molecule has 17 heavy (non-hydrogen) atoms. The molecule has 5 nitrogen and oxygen atoms in total. The van der Waals surface area contributed by atoms with Gasteiger partial charge in [0.1, 0.15) is 5.78 Å². The van der Waals surface area contributed by atoms with Gasteiger partial charge >= 0.3 is 0 Å². The molecule has 1 aliphatic rings. The Morgan fingerprint density at radius 3 is 2.76 bits per heavy atom. The van der Waals surface area contributed by atoms with E-state index in [2.05, 4.69) is 0 Å². The lowest BCUT2D eigenvalue weighted by atomic mass is 10.3. The van der Waals surface area contributed by atoms with Crippen molar-refractivity contribution in [2.75, 3.05) is 12.3 Å². The Kier molecular flexibility index (Phi) is 5.14. The van der Waals surface area contributed by atoms with Crippen molar-refractivity contribution in [2.24, 2.45) is 5.73 Å². The number of imide groups is 1. The summed E-state index contributed by atoms with van der Waals surface area (Å²) in [4.78, 5) is 35.7. The van der Waals surface area contributed by atoms with Crippen LogP contribution < -0.4 is 5.73 Å². The second-order valence-corrected chi connectivity index (χ2v) is 5.36. The molecule has 1 aliphatic heterocycles. The van der Waals surface area contributed by atoms with E-state index in [1.165, 1.54) is 23.6 Å². The summed E-state index contributed by atoms with van der Waals surface area (Å²) in [5.41, 5.74) is 5.59. The third-order valence-corrected chi connectivity index (χ3v) is 3.97. The second-order valence-electron chi connectivity index (χ2n) is 4.13. The maximum Gasteiger partial charge on any atom is 0.242 e. The van der Waals surface area contributed by atoms with Crippen molar-refractivity contribution in [1.82, 2.24) is 4.90 Å². The van der Waals surface area contributed by atoms with Crippen LogP contribution in [0.1, 0.15) is 26.7 Å². The van der Waals surface area contributed by atoms with Crippen LogP contribution >= 0.6 is 11.8 Å². The summed E-state index contributed by atoms with van der Waals surface area (Å²) in [6, 6.07) is -0.553. The van der Waals surface area contributed by atoms with E-state index >= 15 is 0 Å². The predicted molar refractivity (Wildman–Crippen MR) is 66.5 cm³/mol. The van der Waals surface area contributed by atoms with Gasteiger partial charge in [0, 0.05) is 18.7 Å². The maximum atomic E-state index is 11.8. The van der Waals surface area contributed by atoms with E-state index in [1.807, 2.05) is 6.92 Å². The fraction of sp³-hybridized carbons (Fsp3) is 0.727. The number of amides is 2. The van der Waals surface area contributed by atoms with Crippen LogP contribution in [0.4, 0.5) is 0 Å². The van der Waals surface area contributed by atoms with Crippen molar-refractivity contribution in [2.45, 2.75) is 38.0 Å². The van der Waals surface area contributed by atoms with Gasteiger partial charge in [-0.25, -0.2) is 0 Å². The first-order valence-corrected chi connectivity index (χ1v) is 6.74. The fourth-order valence-corrected chi connectivity index (χ4v) is 2.78. The van der Waals surface area contributed by atoms with E-state index in [1.54, 1.807) is 0 Å². The molecule has 0 saturated carbocycles. The van der Waals surface area contributed by atoms with Crippen LogP contribution in [0.5, 0.6) is 0 Å². The Balaban J connectivity index is 2.49. The zero-order chi connectivity index (χ0) is 13.0. The molecule has 1 fully saturated rings. The number of carbonyl (C=O) groups is 3. The van der Waals surface area contributed by atoms with E-state index in [0.29, 0.717) is 12.3 Å². The molecule has 2 N–H and O–H groups in total. The molecule has 2 atom stereocenters. The van der Waals surface area contributed by atoms with Crippen LogP contribution in [0.15, 0.2) is 0 Å². The van der Waals surface area contributed by atoms with Gasteiger partial charge < -0.3 is 5.73 Å². The van der Waals surface area contributed by atoms with Gasteiger partial charge in [0.05, 0.1) is 11.3 Å². The molecular formula is C11H18N2O3S. The minimum atomic E-state index is -0.553. The molecule has 2 amide bonds. The number of ketones is 1. The van der Waals surface area contributed by atoms with Gasteiger partial charge in [-0.2, -0.15) is 0 Å². The number of likely N-dealkylation sites (tertiary alicyclic amines) is 1. The molecule has 0 aromatic carbocycles. The van der Waals surface area contributed by atoms with Crippen LogP contribution in [0.2, 0.25) is 0 Å². The number of thioether (sulfide) groups is 1. The molecule has 0 aromatic heterocycles. The Hall–Kier alpha value is -0.880. The Morgan fingerprint density at radius 2 is 2.24 bits per heavy atom. The monoisotopic (exact) mass is 258 g/mol. The fourth-order valence-electron chi connectivity index (χ4n) is 1.58. The number of carbonyl (C=O) groups excluding carboxylic acids is 3. The molecule has 96 valence electrons. The molecule has 1 rings (SSSR count). The molecule has 1 unspecified atom stereocenters. The first-order valence-electron chi connectivity index (χ1n) is 5.69. The van der Waals surface area contributed by atoms with Crippen molar-refractivity contribution in [3.63, 3.8) is 0 Å². The molecule has 0 spiro atoms. The average Bonchev–Trinajstić information content (AvgIpc) is 2.53. The molecule has 0 aromatic rings. The molecule has 6 heteroatoms. The Bertz CT molecular complexity index is 333. The average molecular weight is 258 g/mol. The van der Waals surface area contributed by atoms with Crippen molar-refractivity contribution in [3.05, 3.63) is 0 Å². The van der Waals surface area contributed by atoms with E-state index in [4.69, 9.17) is 5.73 Å². The summed E-state index contributed by atoms with van der Waals surface area (Å²) in [6.45, 7) is 3.83. The van der Waals surface area contributed by atoms with Gasteiger partial charge in [-0.1, -0.05) is 6.92 Å². The minimum absolute atomic E-state index is 0.0975. The molecule has 1 saturated heterocycles. The first kappa shape index (κ1) is 14.2. The minimum Gasteiger partial charge on any atom is -0.321 e. The summed E-state index contributed by atoms with van der Waals surface area (Å²) < 4.78 is 0. The number of Topliss-reactive ketones (excluding diaryl/α,β-unsaturated/α-hetero) is 1. The maximum absolute atomic E-state index is 11.8. The van der Waals surface area contributed by atoms with Crippen molar-refractivity contribution < 1.29 is 14.4 Å². The summed E-state index contributed by atoms with van der Waals surface area (Å²) in [6.07, 6.45) is 0.996. The lowest BCUT2D eigenvalue weighted by Gasteiger charge is -2.14. The highest BCUT2D eigenvalue weighted by atomic mass is 32.2. The Morgan fingerprint density at radius 1 is 1.59 bits per heavy atom. The largest absolute Gasteiger partial charge is 0.321 e. The van der Waals surface area contributed by atoms with Gasteiger partial charge in [-0.3, -0.25) is 19.3 Å². The van der Waals surface area contributed by atoms with Gasteiger partial charge in [0.25, 0.3) is 0 Å². The lowest BCUT2D eigenvalue weighted by Crippen LogP contribution is -2.34. The van der Waals surface area contributed by atoms with E-state index < -0.39 is 6.04 Å². The normalized spacial score (nSPS) is 22.1. The predicted octanol–water partition coefficient (Wildman–Crippen LogP) is 0.173. The number of hydrogen-bond donors (Lipinski definition) is 1. The highest BCUT2D eigenvalue weighted by Crippen LogP contribution is 2.25. The topological polar surface area (TPSA) is 80.5 Å². The van der Waals surface area contributed by atoms with Crippen LogP contribution in [0.25, 0.3) is 0 Å². The van der Waals surface area contributed by atoms with Gasteiger partial charge in [0.15, 0.2) is 0 Å². The van der Waals surface area contributed by atoms with Crippen molar-refractivity contribution in [3.8, 4) is 0 Å². The van der Waals surface area contributed by atoms with Crippen LogP contribution in [0.3, 0.4) is 0 Å². The summed E-state index contributed by atoms with van der Waals surface area (Å²) >= 11 is 1.30. The molecular weight excluding hydrogens is 240 g/mol. The third kappa shape index (κ3) is 3.54. The van der Waals surface area contributed by atoms with Gasteiger partial charge in [-0.15, -0.1) is 11.8 Å². The van der Waals surface area contributed by atoms with E-state index in [-0.39, 0.29) is 29.3 Å². The van der Waals surface area contributed by atoms with E-state index in [0.717, 1.165) is 6.42 Å². The van der Waals surface area contributed by atoms with Gasteiger partial charge in [-0.05, 0) is 13.3 Å². The lowest BCUT2D eigenvalue weighted by molar-refractivity contribution is -0.138. The first-order chi connectivity index (χ1) is 7.97. The summed E-state index contributed by atoms with van der Waals surface area (Å²) in [5.74, 6) is 0.0296. The second kappa shape index (κ2) is 6.16. The standard InChI is InChI=1S/C11H18N2O3S/c1-3-4-13-10(15)5-9(11(13)16)17-6-8(12)7(2)14/h8-9H,3-6,12H2,1-2H3/t8-,9?/m0/s1. The van der Waals surface area contributed by atoms with Crippen LogP contribution in [-0.2, 0) is 14.4 Å².